The number of Topliss-reactive ketones (excluding diaryl/α,β-unsaturated/α-hetero) is 1. The molecule has 1 saturated heterocycles. The fourth-order valence-corrected chi connectivity index (χ4v) is 9.93. The number of nitrogens with one attached hydrogen (secondary N) is 3. The van der Waals surface area contributed by atoms with E-state index in [9.17, 15) is 28.8 Å². The number of nitrogens with two attached hydrogens (primary N) is 1. The van der Waals surface area contributed by atoms with Gasteiger partial charge in [0.25, 0.3) is 5.91 Å². The Morgan fingerprint density at radius 1 is 0.851 bits per heavy atom. The van der Waals surface area contributed by atoms with Gasteiger partial charge in [0, 0.05) is 18.9 Å². The summed E-state index contributed by atoms with van der Waals surface area (Å²) in [4.78, 5) is 81.6. The zero-order valence-corrected chi connectivity index (χ0v) is 29.3. The van der Waals surface area contributed by atoms with Crippen LogP contribution in [0.3, 0.4) is 0 Å². The molecule has 0 aromatic rings. The standard InChI is InChI=1S/C36H57N5O6/c1-21(42)38-26(23-14-8-7-9-15-23)31(46)40-28(33(2,3)4)32(47)41-20-36(34(5,6)35(36)16-11-17-35)19-25(41)30(45)39-24(27(43)29(37)44)18-22-12-10-13-22/h22-26,28H,7-20H2,1-6H3,(H2,37,44)(H,38,42)(H,39,45)(H,40,46)/t24?,25-,26-,28+,36+/m0/s1. The molecule has 5 atom stereocenters. The average Bonchev–Trinajstić information content (AvgIpc) is 3.17. The van der Waals surface area contributed by atoms with Crippen molar-refractivity contribution < 1.29 is 28.8 Å². The van der Waals surface area contributed by atoms with Crippen molar-refractivity contribution in [3.05, 3.63) is 0 Å². The molecule has 1 aliphatic heterocycles. The van der Waals surface area contributed by atoms with E-state index in [0.717, 1.165) is 70.6 Å². The number of hydrogen-bond acceptors (Lipinski definition) is 6. The molecule has 11 nitrogen and oxygen atoms in total. The van der Waals surface area contributed by atoms with Gasteiger partial charge in [-0.15, -0.1) is 0 Å². The Hall–Kier alpha value is -2.98. The number of primary amides is 1. The summed E-state index contributed by atoms with van der Waals surface area (Å²) in [6.07, 6.45) is 11.6. The SMILES string of the molecule is CC(=O)N[C@H](C(=O)N[C@H](C(=O)N1C[C@]2(C[C@H]1C(=O)NC(CC1CCC1)C(=O)C(N)=O)C(C)(C)C21CCC1)C(C)(C)C)C1CCCCC1. The normalized spacial score (nSPS) is 28.4. The summed E-state index contributed by atoms with van der Waals surface area (Å²) >= 11 is 0. The Morgan fingerprint density at radius 2 is 1.49 bits per heavy atom. The van der Waals surface area contributed by atoms with Crippen molar-refractivity contribution >= 4 is 35.3 Å². The molecule has 5 N–H and O–H groups in total. The van der Waals surface area contributed by atoms with Gasteiger partial charge >= 0.3 is 0 Å². The maximum absolute atomic E-state index is 14.8. The van der Waals surface area contributed by atoms with Crippen molar-refractivity contribution in [3.63, 3.8) is 0 Å². The molecule has 5 amide bonds. The van der Waals surface area contributed by atoms with Crippen LogP contribution in [0.15, 0.2) is 0 Å². The monoisotopic (exact) mass is 655 g/mol. The van der Waals surface area contributed by atoms with Crippen LogP contribution in [0.4, 0.5) is 0 Å². The van der Waals surface area contributed by atoms with Gasteiger partial charge in [-0.25, -0.2) is 0 Å². The summed E-state index contributed by atoms with van der Waals surface area (Å²) < 4.78 is 0. The van der Waals surface area contributed by atoms with Gasteiger partial charge < -0.3 is 26.6 Å². The number of carbonyl (C=O) groups excluding carboxylic acids is 6. The number of rotatable bonds is 11. The Balaban J connectivity index is 1.43. The fourth-order valence-electron chi connectivity index (χ4n) is 9.93. The molecule has 1 unspecified atom stereocenters. The molecule has 0 radical (unpaired) electrons. The van der Waals surface area contributed by atoms with Gasteiger partial charge in [-0.3, -0.25) is 28.8 Å². The molecule has 11 heteroatoms. The predicted octanol–water partition coefficient (Wildman–Crippen LogP) is 3.13. The van der Waals surface area contributed by atoms with E-state index in [2.05, 4.69) is 29.8 Å². The van der Waals surface area contributed by atoms with Crippen LogP contribution in [0.25, 0.3) is 0 Å². The highest BCUT2D eigenvalue weighted by Crippen LogP contribution is 2.88. The molecular formula is C36H57N5O6. The van der Waals surface area contributed by atoms with Gasteiger partial charge in [0.05, 0.1) is 6.04 Å². The number of nitrogens with zero attached hydrogens (tertiary/aromatic N) is 1. The highest BCUT2D eigenvalue weighted by Gasteiger charge is 2.85. The summed E-state index contributed by atoms with van der Waals surface area (Å²) in [5.41, 5.74) is 4.38. The summed E-state index contributed by atoms with van der Waals surface area (Å²) in [6.45, 7) is 11.9. The van der Waals surface area contributed by atoms with Crippen LogP contribution in [0.1, 0.15) is 125 Å². The minimum atomic E-state index is -1.08. The predicted molar refractivity (Wildman–Crippen MR) is 176 cm³/mol. The Labute approximate surface area is 279 Å². The smallest absolute Gasteiger partial charge is 0.287 e. The average molecular weight is 656 g/mol. The minimum Gasteiger partial charge on any atom is -0.363 e. The number of hydrogen-bond donors (Lipinski definition) is 4. The molecule has 262 valence electrons. The van der Waals surface area contributed by atoms with Crippen LogP contribution in [0.5, 0.6) is 0 Å². The molecule has 5 fully saturated rings. The van der Waals surface area contributed by atoms with E-state index in [4.69, 9.17) is 5.73 Å². The number of likely N-dealkylation sites (tertiary alicyclic amines) is 1. The molecule has 5 rings (SSSR count). The van der Waals surface area contributed by atoms with E-state index in [1.807, 2.05) is 20.8 Å². The first kappa shape index (κ1) is 35.3. The van der Waals surface area contributed by atoms with E-state index in [-0.39, 0.29) is 45.8 Å². The third kappa shape index (κ3) is 6.20. The molecule has 47 heavy (non-hydrogen) atoms. The molecule has 5 aliphatic rings. The van der Waals surface area contributed by atoms with Crippen LogP contribution in [-0.2, 0) is 28.8 Å². The topological polar surface area (TPSA) is 168 Å². The molecule has 4 saturated carbocycles. The van der Waals surface area contributed by atoms with Gasteiger partial charge in [-0.05, 0) is 66.6 Å². The second kappa shape index (κ2) is 12.8. The van der Waals surface area contributed by atoms with E-state index in [0.29, 0.717) is 19.4 Å². The van der Waals surface area contributed by atoms with Crippen molar-refractivity contribution in [3.8, 4) is 0 Å². The summed E-state index contributed by atoms with van der Waals surface area (Å²) in [5, 5.41) is 8.76. The lowest BCUT2D eigenvalue weighted by Crippen LogP contribution is -2.62. The van der Waals surface area contributed by atoms with Crippen molar-refractivity contribution in [1.82, 2.24) is 20.9 Å². The summed E-state index contributed by atoms with van der Waals surface area (Å²) in [6, 6.07) is -3.60. The maximum atomic E-state index is 14.8. The molecule has 1 heterocycles. The molecule has 2 spiro atoms. The molecule has 0 bridgehead atoms. The second-order valence-corrected chi connectivity index (χ2v) is 17.0. The van der Waals surface area contributed by atoms with Gasteiger partial charge in [0.15, 0.2) is 0 Å². The zero-order chi connectivity index (χ0) is 34.5. The fraction of sp³-hybridized carbons (Fsp3) is 0.833. The molecular weight excluding hydrogens is 598 g/mol. The second-order valence-electron chi connectivity index (χ2n) is 17.0. The molecule has 0 aromatic carbocycles. The Bertz CT molecular complexity index is 1290. The third-order valence-corrected chi connectivity index (χ3v) is 13.2. The van der Waals surface area contributed by atoms with E-state index >= 15 is 0 Å². The molecule has 0 aromatic heterocycles. The van der Waals surface area contributed by atoms with Crippen LogP contribution in [-0.4, -0.2) is 70.9 Å². The lowest BCUT2D eigenvalue weighted by Gasteiger charge is -2.38. The number of carbonyl (C=O) groups is 6. The van der Waals surface area contributed by atoms with E-state index < -0.39 is 47.2 Å². The Kier molecular flexibility index (Phi) is 9.63. The number of fused-ring (bicyclic) bond motifs is 1. The van der Waals surface area contributed by atoms with E-state index in [1.54, 1.807) is 4.90 Å². The summed E-state index contributed by atoms with van der Waals surface area (Å²) in [5.74, 6) is -3.16. The van der Waals surface area contributed by atoms with Crippen LogP contribution in [0.2, 0.25) is 0 Å². The number of ketones is 1. The quantitative estimate of drug-likeness (QED) is 0.250. The summed E-state index contributed by atoms with van der Waals surface area (Å²) in [7, 11) is 0. The van der Waals surface area contributed by atoms with Gasteiger partial charge in [-0.2, -0.15) is 0 Å². The Morgan fingerprint density at radius 3 is 1.96 bits per heavy atom. The van der Waals surface area contributed by atoms with Crippen molar-refractivity contribution in [2.45, 2.75) is 149 Å². The lowest BCUT2D eigenvalue weighted by molar-refractivity contribution is -0.145. The highest BCUT2D eigenvalue weighted by atomic mass is 16.2. The maximum Gasteiger partial charge on any atom is 0.287 e. The van der Waals surface area contributed by atoms with Crippen LogP contribution >= 0.6 is 0 Å². The van der Waals surface area contributed by atoms with Crippen molar-refractivity contribution in [1.29, 1.82) is 0 Å². The van der Waals surface area contributed by atoms with Gasteiger partial charge in [0.2, 0.25) is 29.4 Å². The van der Waals surface area contributed by atoms with Gasteiger partial charge in [-0.1, -0.05) is 79.6 Å². The zero-order valence-electron chi connectivity index (χ0n) is 29.3. The van der Waals surface area contributed by atoms with E-state index in [1.165, 1.54) is 6.92 Å². The number of amides is 5. The first-order valence-electron chi connectivity index (χ1n) is 18.0. The van der Waals surface area contributed by atoms with Crippen molar-refractivity contribution in [2.24, 2.45) is 39.2 Å². The molecule has 4 aliphatic carbocycles. The van der Waals surface area contributed by atoms with Crippen LogP contribution in [0, 0.1) is 33.5 Å². The highest BCUT2D eigenvalue weighted by molar-refractivity contribution is 6.37. The lowest BCUT2D eigenvalue weighted by atomic mass is 9.73. The largest absolute Gasteiger partial charge is 0.363 e. The first-order chi connectivity index (χ1) is 22.0. The van der Waals surface area contributed by atoms with Crippen LogP contribution < -0.4 is 21.7 Å². The minimum absolute atomic E-state index is 0.0157. The van der Waals surface area contributed by atoms with Gasteiger partial charge in [0.1, 0.15) is 18.1 Å². The first-order valence-corrected chi connectivity index (χ1v) is 18.0. The van der Waals surface area contributed by atoms with Crippen molar-refractivity contribution in [2.75, 3.05) is 6.54 Å². The third-order valence-electron chi connectivity index (χ3n) is 13.2.